The van der Waals surface area contributed by atoms with Crippen LogP contribution in [0.2, 0.25) is 0 Å². The summed E-state index contributed by atoms with van der Waals surface area (Å²) in [5.41, 5.74) is 4.29. The first-order valence-corrected chi connectivity index (χ1v) is 19.3. The molecule has 0 bridgehead atoms. The molecule has 0 aliphatic carbocycles. The van der Waals surface area contributed by atoms with Gasteiger partial charge in [-0.15, -0.1) is 0 Å². The number of anilines is 2. The fraction of sp³-hybridized carbons (Fsp3) is 0.341. The van der Waals surface area contributed by atoms with E-state index in [1.165, 1.54) is 10.7 Å². The number of aryl methyl sites for hydroxylation is 2. The summed E-state index contributed by atoms with van der Waals surface area (Å²) in [6.07, 6.45) is 3.95. The quantitative estimate of drug-likeness (QED) is 0.166. The van der Waals surface area contributed by atoms with Crippen LogP contribution in [0.5, 0.6) is 5.75 Å². The Balaban J connectivity index is 0.911. The molecule has 1 unspecified atom stereocenters. The average Bonchev–Trinajstić information content (AvgIpc) is 3.45. The number of likely N-dealkylation sites (tertiary alicyclic amines) is 1. The van der Waals surface area contributed by atoms with Crippen molar-refractivity contribution in [3.8, 4) is 5.75 Å². The zero-order valence-electron chi connectivity index (χ0n) is 31.3. The maximum atomic E-state index is 13.5. The lowest BCUT2D eigenvalue weighted by molar-refractivity contribution is -0.136. The Kier molecular flexibility index (Phi) is 11.2. The lowest BCUT2D eigenvalue weighted by Crippen LogP contribution is -2.54. The maximum Gasteiger partial charge on any atom is 0.282 e. The van der Waals surface area contributed by atoms with E-state index in [1.807, 2.05) is 48.5 Å². The number of imide groups is 2. The minimum Gasteiger partial charge on any atom is -0.493 e. The van der Waals surface area contributed by atoms with E-state index in [-0.39, 0.29) is 59.8 Å². The summed E-state index contributed by atoms with van der Waals surface area (Å²) in [5, 5.41) is 9.84. The fourth-order valence-corrected chi connectivity index (χ4v) is 8.13. The van der Waals surface area contributed by atoms with Gasteiger partial charge in [0.15, 0.2) is 0 Å². The molecule has 3 aliphatic heterocycles. The first kappa shape index (κ1) is 38.6. The molecule has 2 saturated heterocycles. The van der Waals surface area contributed by atoms with Crippen LogP contribution in [0.4, 0.5) is 11.4 Å². The first-order valence-electron chi connectivity index (χ1n) is 18.5. The minimum atomic E-state index is -1.04. The molecule has 3 aliphatic rings. The van der Waals surface area contributed by atoms with Crippen molar-refractivity contribution < 1.29 is 28.7 Å². The molecule has 1 aromatic heterocycles. The first-order chi connectivity index (χ1) is 26.9. The molecule has 3 aromatic carbocycles. The zero-order chi connectivity index (χ0) is 39.7. The topological polar surface area (TPSA) is 163 Å². The molecule has 15 heteroatoms. The predicted octanol–water partition coefficient (Wildman–Crippen LogP) is 4.13. The number of benzene rings is 3. The predicted molar refractivity (Wildman–Crippen MR) is 212 cm³/mol. The molecule has 2 fully saturated rings. The van der Waals surface area contributed by atoms with Gasteiger partial charge in [0.2, 0.25) is 11.8 Å². The van der Waals surface area contributed by atoms with Crippen LogP contribution in [0.3, 0.4) is 0 Å². The normalized spacial score (nSPS) is 19.8. The van der Waals surface area contributed by atoms with Gasteiger partial charge in [-0.1, -0.05) is 30.3 Å². The molecule has 0 spiro atoms. The Hall–Kier alpha value is -5.67. The van der Waals surface area contributed by atoms with Gasteiger partial charge in [0.05, 0.1) is 29.6 Å². The molecule has 2 N–H and O–H groups in total. The van der Waals surface area contributed by atoms with Crippen LogP contribution in [0.1, 0.15) is 73.8 Å². The van der Waals surface area contributed by atoms with Crippen molar-refractivity contribution in [2.24, 2.45) is 7.05 Å². The minimum absolute atomic E-state index is 0.0488. The van der Waals surface area contributed by atoms with E-state index in [1.54, 1.807) is 37.3 Å². The number of ether oxygens (including phenoxy) is 1. The standard InChI is InChI=1S/C41H42BrN7O7/c1-46-22-27(20-28(23-46)44-31-21-43-48(3)41(55)36(31)42)25-11-13-26(14-12-25)38(52)47(2)29-15-9-24(10-16-29)6-5-19-56-33-8-4-7-30-35(33)40(54)49(39(30)53)32-17-18-34(50)45-37(32)51/h4,7-16,21,27-28,32,44H,5-6,17-20,22-23H2,1-3H3,(H,45,50,51)/t27-,28+,32?/m0/s1. The van der Waals surface area contributed by atoms with Gasteiger partial charge in [0.25, 0.3) is 23.3 Å². The van der Waals surface area contributed by atoms with E-state index in [4.69, 9.17) is 4.74 Å². The van der Waals surface area contributed by atoms with Gasteiger partial charge in [0.1, 0.15) is 16.3 Å². The number of hydrogen-bond acceptors (Lipinski definition) is 10. The number of likely N-dealkylation sites (N-methyl/N-ethyl adjacent to an activating group) is 1. The average molecular weight is 825 g/mol. The van der Waals surface area contributed by atoms with E-state index >= 15 is 0 Å². The van der Waals surface area contributed by atoms with E-state index in [0.29, 0.717) is 28.6 Å². The van der Waals surface area contributed by atoms with Crippen LogP contribution in [-0.4, -0.2) is 95.0 Å². The number of piperidine rings is 2. The van der Waals surface area contributed by atoms with Gasteiger partial charge in [-0.05, 0) is 102 Å². The number of rotatable bonds is 11. The zero-order valence-corrected chi connectivity index (χ0v) is 32.9. The summed E-state index contributed by atoms with van der Waals surface area (Å²) in [4.78, 5) is 81.1. The number of carbonyl (C=O) groups is 5. The molecule has 4 heterocycles. The van der Waals surface area contributed by atoms with E-state index < -0.39 is 29.7 Å². The molecule has 5 amide bonds. The van der Waals surface area contributed by atoms with Gasteiger partial charge >= 0.3 is 0 Å². The smallest absolute Gasteiger partial charge is 0.282 e. The van der Waals surface area contributed by atoms with Gasteiger partial charge in [-0.2, -0.15) is 5.10 Å². The van der Waals surface area contributed by atoms with Crippen LogP contribution in [0.25, 0.3) is 0 Å². The SMILES string of the molecule is CN1C[C@H](Nc2cnn(C)c(=O)c2Br)C[C@H](c2ccc(C(=O)N(C)c3ccc(CCCOc4cccc5c4C(=O)N(C4CCC(=O)NC4=O)C5=O)cc3)cc2)C1. The Bertz CT molecular complexity index is 2260. The van der Waals surface area contributed by atoms with Crippen LogP contribution in [0, 0.1) is 0 Å². The fourth-order valence-electron chi connectivity index (χ4n) is 7.65. The summed E-state index contributed by atoms with van der Waals surface area (Å²) in [6.45, 7) is 1.98. The Morgan fingerprint density at radius 2 is 1.73 bits per heavy atom. The summed E-state index contributed by atoms with van der Waals surface area (Å²) < 4.78 is 7.73. The van der Waals surface area contributed by atoms with Crippen molar-refractivity contribution >= 4 is 56.8 Å². The molecule has 0 radical (unpaired) electrons. The van der Waals surface area contributed by atoms with E-state index in [9.17, 15) is 28.8 Å². The molecule has 7 rings (SSSR count). The summed E-state index contributed by atoms with van der Waals surface area (Å²) in [6, 6.07) is 19.4. The van der Waals surface area contributed by atoms with Crippen LogP contribution >= 0.6 is 15.9 Å². The number of nitrogens with one attached hydrogen (secondary N) is 2. The third-order valence-electron chi connectivity index (χ3n) is 10.6. The summed E-state index contributed by atoms with van der Waals surface area (Å²) in [7, 11) is 5.44. The number of carbonyl (C=O) groups excluding carboxylic acids is 5. The van der Waals surface area contributed by atoms with E-state index in [0.717, 1.165) is 41.2 Å². The highest BCUT2D eigenvalue weighted by Gasteiger charge is 2.46. The van der Waals surface area contributed by atoms with Gasteiger partial charge in [0, 0.05) is 50.9 Å². The van der Waals surface area contributed by atoms with Crippen molar-refractivity contribution in [2.45, 2.75) is 50.1 Å². The van der Waals surface area contributed by atoms with Crippen molar-refractivity contribution in [1.29, 1.82) is 0 Å². The molecule has 4 aromatic rings. The van der Waals surface area contributed by atoms with E-state index in [2.05, 4.69) is 43.6 Å². The second kappa shape index (κ2) is 16.2. The highest BCUT2D eigenvalue weighted by atomic mass is 79.9. The molecule has 3 atom stereocenters. The molecule has 290 valence electrons. The molecule has 56 heavy (non-hydrogen) atoms. The van der Waals surface area contributed by atoms with Crippen molar-refractivity contribution in [3.05, 3.63) is 116 Å². The number of nitrogens with zero attached hydrogens (tertiary/aromatic N) is 5. The van der Waals surface area contributed by atoms with Crippen LogP contribution in [-0.2, 0) is 23.1 Å². The van der Waals surface area contributed by atoms with Crippen LogP contribution in [0.15, 0.2) is 82.2 Å². The lowest BCUT2D eigenvalue weighted by Gasteiger charge is -2.37. The third kappa shape index (κ3) is 7.86. The number of hydrogen-bond donors (Lipinski definition) is 2. The Labute approximate surface area is 331 Å². The molecule has 14 nitrogen and oxygen atoms in total. The third-order valence-corrected chi connectivity index (χ3v) is 11.4. The van der Waals surface area contributed by atoms with Gasteiger partial charge < -0.3 is 19.9 Å². The van der Waals surface area contributed by atoms with Crippen molar-refractivity contribution in [2.75, 3.05) is 44.0 Å². The van der Waals surface area contributed by atoms with Gasteiger partial charge in [-0.25, -0.2) is 4.68 Å². The second-order valence-electron chi connectivity index (χ2n) is 14.5. The maximum absolute atomic E-state index is 13.5. The second-order valence-corrected chi connectivity index (χ2v) is 15.3. The number of fused-ring (bicyclic) bond motifs is 1. The monoisotopic (exact) mass is 823 g/mol. The van der Waals surface area contributed by atoms with Crippen LogP contribution < -0.4 is 25.8 Å². The lowest BCUT2D eigenvalue weighted by atomic mass is 9.87. The summed E-state index contributed by atoms with van der Waals surface area (Å²) >= 11 is 3.41. The molecular weight excluding hydrogens is 782 g/mol. The van der Waals surface area contributed by atoms with Gasteiger partial charge in [-0.3, -0.25) is 39.0 Å². The molecular formula is C41H42BrN7O7. The van der Waals surface area contributed by atoms with Crippen molar-refractivity contribution in [1.82, 2.24) is 24.9 Å². The number of halogens is 1. The Morgan fingerprint density at radius 3 is 2.46 bits per heavy atom. The van der Waals surface area contributed by atoms with Crippen molar-refractivity contribution in [3.63, 3.8) is 0 Å². The number of aromatic nitrogens is 2. The highest BCUT2D eigenvalue weighted by molar-refractivity contribution is 9.10. The molecule has 0 saturated carbocycles. The summed E-state index contributed by atoms with van der Waals surface area (Å²) in [5.74, 6) is -1.88. The largest absolute Gasteiger partial charge is 0.493 e. The number of amides is 5. The Morgan fingerprint density at radius 1 is 0.982 bits per heavy atom. The highest BCUT2D eigenvalue weighted by Crippen LogP contribution is 2.34.